The van der Waals surface area contributed by atoms with E-state index < -0.39 is 0 Å². The third-order valence-corrected chi connectivity index (χ3v) is 3.17. The number of carbonyl (C=O) groups is 1. The lowest BCUT2D eigenvalue weighted by Gasteiger charge is -2.17. The molecule has 0 N–H and O–H groups in total. The Bertz CT molecular complexity index is 526. The van der Waals surface area contributed by atoms with Crippen LogP contribution in [0.3, 0.4) is 0 Å². The highest BCUT2D eigenvalue weighted by atomic mass is 35.5. The Kier molecular flexibility index (Phi) is 6.56. The molecular weight excluding hydrogens is 290 g/mol. The topological polar surface area (TPSA) is 38.8 Å². The summed E-state index contributed by atoms with van der Waals surface area (Å²) in [6.45, 7) is 4.86. The average molecular weight is 312 g/mol. The van der Waals surface area contributed by atoms with Crippen molar-refractivity contribution in [3.8, 4) is 11.5 Å². The van der Waals surface area contributed by atoms with Crippen LogP contribution in [0.25, 0.3) is 6.08 Å². The van der Waals surface area contributed by atoms with Gasteiger partial charge in [-0.25, -0.2) is 0 Å². The first-order valence-corrected chi connectivity index (χ1v) is 7.11. The number of halogens is 1. The first-order chi connectivity index (χ1) is 9.88. The zero-order chi connectivity index (χ0) is 16.0. The monoisotopic (exact) mass is 311 g/mol. The van der Waals surface area contributed by atoms with Gasteiger partial charge in [0.25, 0.3) is 0 Å². The molecule has 21 heavy (non-hydrogen) atoms. The fourth-order valence-electron chi connectivity index (χ4n) is 1.97. The maximum Gasteiger partial charge on any atom is 0.246 e. The minimum absolute atomic E-state index is 0.0467. The largest absolute Gasteiger partial charge is 0.493 e. The minimum Gasteiger partial charge on any atom is -0.493 e. The molecule has 0 fully saturated rings. The van der Waals surface area contributed by atoms with Crippen LogP contribution in [-0.2, 0) is 4.79 Å². The molecule has 0 aliphatic heterocycles. The number of rotatable bonds is 6. The average Bonchev–Trinajstić information content (AvgIpc) is 2.43. The zero-order valence-electron chi connectivity index (χ0n) is 13.1. The highest BCUT2D eigenvalue weighted by Gasteiger charge is 2.10. The van der Waals surface area contributed by atoms with E-state index in [-0.39, 0.29) is 5.91 Å². The quantitative estimate of drug-likeness (QED) is 0.755. The summed E-state index contributed by atoms with van der Waals surface area (Å²) in [5.41, 5.74) is 0.781. The second-order valence-corrected chi connectivity index (χ2v) is 5.59. The molecule has 0 aromatic heterocycles. The van der Waals surface area contributed by atoms with E-state index in [1.165, 1.54) is 13.2 Å². The molecular formula is C16H22ClNO3. The van der Waals surface area contributed by atoms with Crippen LogP contribution in [0.4, 0.5) is 0 Å². The van der Waals surface area contributed by atoms with Gasteiger partial charge in [0, 0.05) is 19.7 Å². The van der Waals surface area contributed by atoms with Crippen LogP contribution >= 0.6 is 11.6 Å². The van der Waals surface area contributed by atoms with Crippen LogP contribution in [0.2, 0.25) is 5.02 Å². The van der Waals surface area contributed by atoms with Crippen LogP contribution < -0.4 is 9.47 Å². The lowest BCUT2D eigenvalue weighted by atomic mass is 10.1. The predicted octanol–water partition coefficient (Wildman–Crippen LogP) is 3.48. The molecule has 0 spiro atoms. The molecule has 0 saturated carbocycles. The van der Waals surface area contributed by atoms with Crippen molar-refractivity contribution in [3.63, 3.8) is 0 Å². The van der Waals surface area contributed by atoms with Crippen molar-refractivity contribution in [1.82, 2.24) is 4.90 Å². The Morgan fingerprint density at radius 3 is 2.52 bits per heavy atom. The van der Waals surface area contributed by atoms with E-state index in [1.807, 2.05) is 0 Å². The molecule has 0 bridgehead atoms. The number of likely N-dealkylation sites (N-methyl/N-ethyl adjacent to an activating group) is 1. The van der Waals surface area contributed by atoms with Crippen LogP contribution in [-0.4, -0.2) is 38.6 Å². The highest BCUT2D eigenvalue weighted by molar-refractivity contribution is 6.32. The van der Waals surface area contributed by atoms with Crippen LogP contribution in [0.5, 0.6) is 11.5 Å². The summed E-state index contributed by atoms with van der Waals surface area (Å²) in [4.78, 5) is 13.6. The third kappa shape index (κ3) is 4.97. The summed E-state index contributed by atoms with van der Waals surface area (Å²) < 4.78 is 10.4. The normalized spacial score (nSPS) is 11.0. The number of hydrogen-bond donors (Lipinski definition) is 0. The maximum absolute atomic E-state index is 12.0. The standard InChI is InChI=1S/C16H22ClNO3/c1-11(2)10-18(3)15(19)7-6-12-8-13(17)16(21-5)14(9-12)20-4/h6-9,11H,10H2,1-5H3/b7-6+. The summed E-state index contributed by atoms with van der Waals surface area (Å²) in [6.07, 6.45) is 3.24. The molecule has 0 heterocycles. The van der Waals surface area contributed by atoms with Gasteiger partial charge < -0.3 is 14.4 Å². The zero-order valence-corrected chi connectivity index (χ0v) is 13.9. The molecule has 0 unspecified atom stereocenters. The fraction of sp³-hybridized carbons (Fsp3) is 0.438. The van der Waals surface area contributed by atoms with Crippen molar-refractivity contribution in [2.45, 2.75) is 13.8 Å². The fourth-order valence-corrected chi connectivity index (χ4v) is 2.26. The van der Waals surface area contributed by atoms with Gasteiger partial charge in [-0.3, -0.25) is 4.79 Å². The number of nitrogens with zero attached hydrogens (tertiary/aromatic N) is 1. The molecule has 0 aliphatic rings. The van der Waals surface area contributed by atoms with Gasteiger partial charge in [0.1, 0.15) is 0 Å². The van der Waals surface area contributed by atoms with E-state index in [2.05, 4.69) is 13.8 Å². The van der Waals surface area contributed by atoms with Crippen molar-refractivity contribution >= 4 is 23.6 Å². The summed E-state index contributed by atoms with van der Waals surface area (Å²) in [5.74, 6) is 1.41. The van der Waals surface area contributed by atoms with Gasteiger partial charge >= 0.3 is 0 Å². The number of ether oxygens (including phenoxy) is 2. The Hall–Kier alpha value is -1.68. The molecule has 5 heteroatoms. The van der Waals surface area contributed by atoms with Crippen LogP contribution in [0.15, 0.2) is 18.2 Å². The summed E-state index contributed by atoms with van der Waals surface area (Å²) in [7, 11) is 4.86. The van der Waals surface area contributed by atoms with E-state index in [9.17, 15) is 4.79 Å². The molecule has 1 rings (SSSR count). The van der Waals surface area contributed by atoms with Gasteiger partial charge in [-0.1, -0.05) is 25.4 Å². The van der Waals surface area contributed by atoms with Gasteiger partial charge in [0.2, 0.25) is 5.91 Å². The number of amides is 1. The van der Waals surface area contributed by atoms with E-state index in [1.54, 1.807) is 37.3 Å². The Morgan fingerprint density at radius 1 is 1.33 bits per heavy atom. The SMILES string of the molecule is COc1cc(/C=C/C(=O)N(C)CC(C)C)cc(Cl)c1OC. The molecule has 4 nitrogen and oxygen atoms in total. The van der Waals surface area contributed by atoms with E-state index in [4.69, 9.17) is 21.1 Å². The smallest absolute Gasteiger partial charge is 0.246 e. The van der Waals surface area contributed by atoms with Crippen LogP contribution in [0.1, 0.15) is 19.4 Å². The van der Waals surface area contributed by atoms with Gasteiger partial charge in [0.05, 0.1) is 19.2 Å². The molecule has 0 radical (unpaired) electrons. The third-order valence-electron chi connectivity index (χ3n) is 2.89. The van der Waals surface area contributed by atoms with Crippen molar-refractivity contribution in [3.05, 3.63) is 28.8 Å². The molecule has 1 aromatic rings. The molecule has 0 aliphatic carbocycles. The number of carbonyl (C=O) groups excluding carboxylic acids is 1. The van der Waals surface area contributed by atoms with Gasteiger partial charge in [-0.15, -0.1) is 0 Å². The molecule has 116 valence electrons. The lowest BCUT2D eigenvalue weighted by molar-refractivity contribution is -0.125. The molecule has 1 aromatic carbocycles. The summed E-state index contributed by atoms with van der Waals surface area (Å²) >= 11 is 6.13. The Balaban J connectivity index is 2.90. The van der Waals surface area contributed by atoms with Crippen LogP contribution in [0, 0.1) is 5.92 Å². The van der Waals surface area contributed by atoms with Gasteiger partial charge in [-0.2, -0.15) is 0 Å². The van der Waals surface area contributed by atoms with Gasteiger partial charge in [-0.05, 0) is 29.7 Å². The molecule has 0 atom stereocenters. The minimum atomic E-state index is -0.0467. The predicted molar refractivity (Wildman–Crippen MR) is 86.1 cm³/mol. The molecule has 0 saturated heterocycles. The second-order valence-electron chi connectivity index (χ2n) is 5.18. The number of hydrogen-bond acceptors (Lipinski definition) is 3. The Morgan fingerprint density at radius 2 is 2.00 bits per heavy atom. The first-order valence-electron chi connectivity index (χ1n) is 6.73. The van der Waals surface area contributed by atoms with Crippen molar-refractivity contribution in [1.29, 1.82) is 0 Å². The highest BCUT2D eigenvalue weighted by Crippen LogP contribution is 2.36. The lowest BCUT2D eigenvalue weighted by Crippen LogP contribution is -2.28. The van der Waals surface area contributed by atoms with Crippen molar-refractivity contribution in [2.75, 3.05) is 27.8 Å². The Labute approximate surface area is 131 Å². The summed E-state index contributed by atoms with van der Waals surface area (Å²) in [6, 6.07) is 3.51. The number of benzene rings is 1. The second kappa shape index (κ2) is 7.93. The van der Waals surface area contributed by atoms with E-state index in [0.29, 0.717) is 22.4 Å². The molecule has 1 amide bonds. The van der Waals surface area contributed by atoms with Crippen molar-refractivity contribution < 1.29 is 14.3 Å². The maximum atomic E-state index is 12.0. The number of methoxy groups -OCH3 is 2. The first kappa shape index (κ1) is 17.4. The van der Waals surface area contributed by atoms with E-state index in [0.717, 1.165) is 12.1 Å². The van der Waals surface area contributed by atoms with E-state index >= 15 is 0 Å². The van der Waals surface area contributed by atoms with Gasteiger partial charge in [0.15, 0.2) is 11.5 Å². The van der Waals surface area contributed by atoms with Crippen molar-refractivity contribution in [2.24, 2.45) is 5.92 Å². The summed E-state index contributed by atoms with van der Waals surface area (Å²) in [5, 5.41) is 0.444.